The lowest BCUT2D eigenvalue weighted by molar-refractivity contribution is 0.462. The second kappa shape index (κ2) is 8.36. The molecule has 1 aliphatic carbocycles. The Morgan fingerprint density at radius 1 is 0.897 bits per heavy atom. The molecule has 2 aliphatic rings. The normalized spacial score (nSPS) is 18.1. The topological polar surface area (TPSA) is 53.9 Å². The van der Waals surface area contributed by atoms with Gasteiger partial charge in [-0.3, -0.25) is 4.98 Å². The molecule has 1 aliphatic heterocycles. The molecule has 1 saturated carbocycles. The molecule has 4 heterocycles. The van der Waals surface area contributed by atoms with Gasteiger partial charge < -0.3 is 10.2 Å². The van der Waals surface area contributed by atoms with Crippen molar-refractivity contribution in [2.24, 2.45) is 0 Å². The largest absolute Gasteiger partial charge is 0.367 e. The molecule has 0 aromatic carbocycles. The molecule has 0 radical (unpaired) electrons. The van der Waals surface area contributed by atoms with Crippen molar-refractivity contribution in [2.75, 3.05) is 23.3 Å². The molecule has 0 amide bonds. The summed E-state index contributed by atoms with van der Waals surface area (Å²) in [6, 6.07) is 9.02. The van der Waals surface area contributed by atoms with Crippen molar-refractivity contribution in [3.8, 4) is 11.3 Å². The summed E-state index contributed by atoms with van der Waals surface area (Å²) in [6.07, 6.45) is 16.0. The van der Waals surface area contributed by atoms with E-state index in [1.807, 2.05) is 18.6 Å². The van der Waals surface area contributed by atoms with Gasteiger partial charge in [0.2, 0.25) is 0 Å². The van der Waals surface area contributed by atoms with Gasteiger partial charge in [-0.05, 0) is 56.4 Å². The minimum atomic E-state index is 0.546. The highest BCUT2D eigenvalue weighted by atomic mass is 15.2. The van der Waals surface area contributed by atoms with Gasteiger partial charge in [-0.15, -0.1) is 0 Å². The van der Waals surface area contributed by atoms with E-state index < -0.39 is 0 Å². The van der Waals surface area contributed by atoms with Crippen molar-refractivity contribution in [3.63, 3.8) is 0 Å². The van der Waals surface area contributed by atoms with Crippen LogP contribution in [-0.4, -0.2) is 34.1 Å². The van der Waals surface area contributed by atoms with Gasteiger partial charge in [-0.1, -0.05) is 19.3 Å². The number of hydrogen-bond donors (Lipinski definition) is 1. The highest BCUT2D eigenvalue weighted by Crippen LogP contribution is 2.32. The zero-order valence-electron chi connectivity index (χ0n) is 17.0. The van der Waals surface area contributed by atoms with Gasteiger partial charge in [0.05, 0.1) is 5.69 Å². The molecule has 2 fully saturated rings. The van der Waals surface area contributed by atoms with Gasteiger partial charge in [0.1, 0.15) is 11.6 Å². The lowest BCUT2D eigenvalue weighted by Gasteiger charge is -2.29. The van der Waals surface area contributed by atoms with Crippen LogP contribution < -0.4 is 10.2 Å². The smallest absolute Gasteiger partial charge is 0.137 e. The highest BCUT2D eigenvalue weighted by molar-refractivity contribution is 5.94. The Morgan fingerprint density at radius 3 is 2.59 bits per heavy atom. The minimum Gasteiger partial charge on any atom is -0.367 e. The predicted octanol–water partition coefficient (Wildman–Crippen LogP) is 5.43. The number of hydrogen-bond acceptors (Lipinski definition) is 5. The number of anilines is 2. The van der Waals surface area contributed by atoms with E-state index >= 15 is 0 Å². The van der Waals surface area contributed by atoms with Gasteiger partial charge >= 0.3 is 0 Å². The second-order valence-electron chi connectivity index (χ2n) is 8.38. The molecule has 29 heavy (non-hydrogen) atoms. The third kappa shape index (κ3) is 4.04. The molecule has 0 spiro atoms. The summed E-state index contributed by atoms with van der Waals surface area (Å²) in [6.45, 7) is 2.16. The fourth-order valence-electron chi connectivity index (χ4n) is 4.70. The second-order valence-corrected chi connectivity index (χ2v) is 8.38. The maximum Gasteiger partial charge on any atom is 0.137 e. The van der Waals surface area contributed by atoms with Gasteiger partial charge in [-0.25, -0.2) is 9.97 Å². The molecule has 0 bridgehead atoms. The average Bonchev–Trinajstić information content (AvgIpc) is 2.80. The average molecular weight is 388 g/mol. The predicted molar refractivity (Wildman–Crippen MR) is 119 cm³/mol. The van der Waals surface area contributed by atoms with Gasteiger partial charge in [0.25, 0.3) is 0 Å². The first-order chi connectivity index (χ1) is 14.4. The van der Waals surface area contributed by atoms with E-state index in [4.69, 9.17) is 4.98 Å². The summed E-state index contributed by atoms with van der Waals surface area (Å²) in [5.41, 5.74) is 2.11. The number of nitrogens with zero attached hydrogens (tertiary/aromatic N) is 4. The van der Waals surface area contributed by atoms with Crippen LogP contribution in [0.25, 0.3) is 22.0 Å². The van der Waals surface area contributed by atoms with Crippen LogP contribution in [0.3, 0.4) is 0 Å². The van der Waals surface area contributed by atoms with Crippen LogP contribution in [-0.2, 0) is 0 Å². The molecule has 5 nitrogen and oxygen atoms in total. The van der Waals surface area contributed by atoms with Crippen LogP contribution in [0.1, 0.15) is 51.4 Å². The maximum atomic E-state index is 5.13. The van der Waals surface area contributed by atoms with Crippen molar-refractivity contribution in [1.82, 2.24) is 15.0 Å². The van der Waals surface area contributed by atoms with E-state index in [2.05, 4.69) is 44.5 Å². The monoisotopic (exact) mass is 387 g/mol. The first-order valence-electron chi connectivity index (χ1n) is 11.1. The Hall–Kier alpha value is -2.69. The summed E-state index contributed by atoms with van der Waals surface area (Å²) in [7, 11) is 0. The molecule has 3 aromatic heterocycles. The van der Waals surface area contributed by atoms with Crippen molar-refractivity contribution in [2.45, 2.75) is 57.4 Å². The Kier molecular flexibility index (Phi) is 5.29. The van der Waals surface area contributed by atoms with Crippen LogP contribution in [0.5, 0.6) is 0 Å². The number of rotatable bonds is 4. The van der Waals surface area contributed by atoms with Crippen molar-refractivity contribution >= 4 is 22.4 Å². The molecule has 0 atom stereocenters. The molecule has 3 aromatic rings. The molecule has 5 rings (SSSR count). The number of nitrogens with one attached hydrogen (secondary N) is 1. The van der Waals surface area contributed by atoms with Gasteiger partial charge in [0.15, 0.2) is 0 Å². The Bertz CT molecular complexity index is 974. The van der Waals surface area contributed by atoms with Crippen LogP contribution >= 0.6 is 0 Å². The van der Waals surface area contributed by atoms with E-state index in [-0.39, 0.29) is 0 Å². The Balaban J connectivity index is 1.50. The van der Waals surface area contributed by atoms with Crippen molar-refractivity contribution in [1.29, 1.82) is 0 Å². The third-order valence-electron chi connectivity index (χ3n) is 6.28. The Labute approximate surface area is 172 Å². The van der Waals surface area contributed by atoms with E-state index in [0.717, 1.165) is 41.4 Å². The standard InChI is InChI=1S/C24H29N5/c1-3-7-20(8-4-1)27-23-16-18(9-12-26-23)22-15-19-17-25-11-10-21(19)24(28-22)29-13-5-2-6-14-29/h9-12,15-17,20H,1-8,13-14H2,(H,26,27). The zero-order chi connectivity index (χ0) is 19.5. The SMILES string of the molecule is c1cc2c(N3CCCCC3)nc(-c3ccnc(NC4CCCCC4)c3)cc2cn1. The molecule has 1 N–H and O–H groups in total. The molecule has 1 saturated heterocycles. The summed E-state index contributed by atoms with van der Waals surface area (Å²) in [5.74, 6) is 2.06. The van der Waals surface area contributed by atoms with Crippen LogP contribution in [0.4, 0.5) is 11.6 Å². The maximum absolute atomic E-state index is 5.13. The fourth-order valence-corrected chi connectivity index (χ4v) is 4.70. The quantitative estimate of drug-likeness (QED) is 0.647. The summed E-state index contributed by atoms with van der Waals surface area (Å²) < 4.78 is 0. The highest BCUT2D eigenvalue weighted by Gasteiger charge is 2.18. The summed E-state index contributed by atoms with van der Waals surface area (Å²) in [4.78, 5) is 16.5. The molecule has 0 unspecified atom stereocenters. The molecule has 5 heteroatoms. The van der Waals surface area contributed by atoms with Crippen LogP contribution in [0.15, 0.2) is 42.9 Å². The third-order valence-corrected chi connectivity index (χ3v) is 6.28. The van der Waals surface area contributed by atoms with Crippen molar-refractivity contribution < 1.29 is 0 Å². The lowest BCUT2D eigenvalue weighted by atomic mass is 9.95. The molecular formula is C24H29N5. The van der Waals surface area contributed by atoms with E-state index in [9.17, 15) is 0 Å². The summed E-state index contributed by atoms with van der Waals surface area (Å²) >= 11 is 0. The molecule has 150 valence electrons. The zero-order valence-corrected chi connectivity index (χ0v) is 17.0. The number of fused-ring (bicyclic) bond motifs is 1. The van der Waals surface area contributed by atoms with Gasteiger partial charge in [0, 0.05) is 54.1 Å². The first-order valence-corrected chi connectivity index (χ1v) is 11.1. The van der Waals surface area contributed by atoms with E-state index in [1.165, 1.54) is 56.8 Å². The van der Waals surface area contributed by atoms with Crippen LogP contribution in [0, 0.1) is 0 Å². The lowest BCUT2D eigenvalue weighted by Crippen LogP contribution is -2.30. The van der Waals surface area contributed by atoms with E-state index in [0.29, 0.717) is 6.04 Å². The number of pyridine rings is 3. The molecular weight excluding hydrogens is 358 g/mol. The van der Waals surface area contributed by atoms with Gasteiger partial charge in [-0.2, -0.15) is 0 Å². The minimum absolute atomic E-state index is 0.546. The van der Waals surface area contributed by atoms with E-state index in [1.54, 1.807) is 0 Å². The summed E-state index contributed by atoms with van der Waals surface area (Å²) in [5, 5.41) is 5.99. The van der Waals surface area contributed by atoms with Crippen LogP contribution in [0.2, 0.25) is 0 Å². The number of aromatic nitrogens is 3. The van der Waals surface area contributed by atoms with Crippen molar-refractivity contribution in [3.05, 3.63) is 42.9 Å². The Morgan fingerprint density at radius 2 is 1.72 bits per heavy atom. The first kappa shape index (κ1) is 18.3. The number of piperidine rings is 1. The fraction of sp³-hybridized carbons (Fsp3) is 0.458.